The summed E-state index contributed by atoms with van der Waals surface area (Å²) in [6.07, 6.45) is 0. The minimum Gasteiger partial charge on any atom is -0.366 e. The highest BCUT2D eigenvalue weighted by Crippen LogP contribution is 2.18. The standard InChI is InChI=1S/C16H10N2O4/c17-15(21)9-5-6-10(16(18)22)12-11(9)13(19)7-1-2-8(4-3-7)14(12)20/h1-6H,(H2,17,21)(H2,18,22). The van der Waals surface area contributed by atoms with Crippen molar-refractivity contribution in [2.45, 2.75) is 0 Å². The maximum Gasteiger partial charge on any atom is 0.249 e. The molecule has 108 valence electrons. The fraction of sp³-hybridized carbons (Fsp3) is 0. The van der Waals surface area contributed by atoms with Crippen molar-refractivity contribution in [1.82, 2.24) is 0 Å². The third kappa shape index (κ3) is 1.81. The van der Waals surface area contributed by atoms with E-state index in [-0.39, 0.29) is 21.9 Å². The Morgan fingerprint density at radius 1 is 0.636 bits per heavy atom. The van der Waals surface area contributed by atoms with Crippen LogP contribution in [-0.2, 0) is 0 Å². The van der Waals surface area contributed by atoms with Gasteiger partial charge in [-0.25, -0.2) is 0 Å². The number of amides is 2. The molecule has 0 saturated heterocycles. The Morgan fingerprint density at radius 3 is 1.23 bits per heavy atom. The molecule has 2 amide bonds. The van der Waals surface area contributed by atoms with E-state index in [1.165, 1.54) is 36.4 Å². The molecule has 0 aromatic heterocycles. The van der Waals surface area contributed by atoms with E-state index in [0.29, 0.717) is 10.8 Å². The van der Waals surface area contributed by atoms with Gasteiger partial charge in [-0.1, -0.05) is 24.3 Å². The van der Waals surface area contributed by atoms with Crippen LogP contribution in [0.25, 0.3) is 21.5 Å². The van der Waals surface area contributed by atoms with Crippen LogP contribution in [0.1, 0.15) is 20.7 Å². The van der Waals surface area contributed by atoms with Crippen molar-refractivity contribution in [3.05, 3.63) is 68.0 Å². The topological polar surface area (TPSA) is 120 Å². The van der Waals surface area contributed by atoms with Gasteiger partial charge in [-0.05, 0) is 12.1 Å². The largest absolute Gasteiger partial charge is 0.366 e. The van der Waals surface area contributed by atoms with Crippen LogP contribution in [0.4, 0.5) is 0 Å². The van der Waals surface area contributed by atoms with Crippen LogP contribution in [0.3, 0.4) is 0 Å². The molecule has 0 radical (unpaired) electrons. The Morgan fingerprint density at radius 2 is 0.955 bits per heavy atom. The van der Waals surface area contributed by atoms with E-state index < -0.39 is 22.7 Å². The molecule has 0 atom stereocenters. The lowest BCUT2D eigenvalue weighted by atomic mass is 9.96. The van der Waals surface area contributed by atoms with Gasteiger partial charge in [-0.15, -0.1) is 0 Å². The number of primary amides is 2. The van der Waals surface area contributed by atoms with E-state index >= 15 is 0 Å². The molecular weight excluding hydrogens is 284 g/mol. The molecule has 22 heavy (non-hydrogen) atoms. The fourth-order valence-electron chi connectivity index (χ4n) is 2.55. The Labute approximate surface area is 123 Å². The number of hydrogen-bond donors (Lipinski definition) is 2. The van der Waals surface area contributed by atoms with Gasteiger partial charge in [0, 0.05) is 21.5 Å². The van der Waals surface area contributed by atoms with Gasteiger partial charge in [0.2, 0.25) is 11.8 Å². The first-order valence-electron chi connectivity index (χ1n) is 6.38. The molecule has 0 fully saturated rings. The molecule has 4 aromatic carbocycles. The second-order valence-electron chi connectivity index (χ2n) is 4.87. The maximum atomic E-state index is 12.6. The average Bonchev–Trinajstić information content (AvgIpc) is 2.51. The fourth-order valence-corrected chi connectivity index (χ4v) is 2.55. The third-order valence-corrected chi connectivity index (χ3v) is 3.60. The molecule has 0 spiro atoms. The maximum absolute atomic E-state index is 12.6. The van der Waals surface area contributed by atoms with Crippen molar-refractivity contribution in [3.8, 4) is 0 Å². The predicted octanol–water partition coefficient (Wildman–Crippen LogP) is 0.349. The molecule has 4 aromatic rings. The number of carbonyl (C=O) groups is 2. The second-order valence-corrected chi connectivity index (χ2v) is 4.87. The van der Waals surface area contributed by atoms with E-state index in [0.717, 1.165) is 0 Å². The van der Waals surface area contributed by atoms with Crippen molar-refractivity contribution < 1.29 is 9.59 Å². The van der Waals surface area contributed by atoms with Crippen molar-refractivity contribution in [3.63, 3.8) is 0 Å². The Balaban J connectivity index is 2.82. The minimum absolute atomic E-state index is 0.110. The summed E-state index contributed by atoms with van der Waals surface area (Å²) in [5.41, 5.74) is 9.26. The van der Waals surface area contributed by atoms with Crippen LogP contribution in [0, 0.1) is 0 Å². The molecule has 0 aliphatic heterocycles. The molecule has 6 nitrogen and oxygen atoms in total. The number of benzene rings is 2. The molecule has 0 unspecified atom stereocenters. The summed E-state index contributed by atoms with van der Waals surface area (Å²) in [6, 6.07) is 8.42. The van der Waals surface area contributed by atoms with E-state index in [2.05, 4.69) is 0 Å². The first-order valence-corrected chi connectivity index (χ1v) is 6.38. The first kappa shape index (κ1) is 13.7. The number of fused-ring (bicyclic) bond motifs is 2. The summed E-state index contributed by atoms with van der Waals surface area (Å²) in [5, 5.41) is 0.244. The lowest BCUT2D eigenvalue weighted by Crippen LogP contribution is -2.21. The Bertz CT molecular complexity index is 967. The van der Waals surface area contributed by atoms with E-state index in [1.807, 2.05) is 0 Å². The molecule has 0 saturated carbocycles. The average molecular weight is 294 g/mol. The third-order valence-electron chi connectivity index (χ3n) is 3.60. The van der Waals surface area contributed by atoms with Gasteiger partial charge < -0.3 is 11.5 Å². The van der Waals surface area contributed by atoms with Gasteiger partial charge in [0.05, 0.1) is 11.1 Å². The summed E-state index contributed by atoms with van der Waals surface area (Å²) in [4.78, 5) is 48.5. The molecular formula is C16H10N2O4. The van der Waals surface area contributed by atoms with Crippen LogP contribution in [-0.4, -0.2) is 11.8 Å². The highest BCUT2D eigenvalue weighted by Gasteiger charge is 2.18. The Kier molecular flexibility index (Phi) is 2.88. The summed E-state index contributed by atoms with van der Waals surface area (Å²) < 4.78 is 0. The molecule has 6 heteroatoms. The van der Waals surface area contributed by atoms with Crippen LogP contribution in [0.5, 0.6) is 0 Å². The van der Waals surface area contributed by atoms with Gasteiger partial charge in [-0.3, -0.25) is 19.2 Å². The summed E-state index contributed by atoms with van der Waals surface area (Å²) in [5.74, 6) is -1.72. The molecule has 4 rings (SSSR count). The van der Waals surface area contributed by atoms with Crippen molar-refractivity contribution in [1.29, 1.82) is 0 Å². The van der Waals surface area contributed by atoms with Gasteiger partial charge in [0.15, 0.2) is 10.9 Å². The highest BCUT2D eigenvalue weighted by atomic mass is 16.2. The number of nitrogens with two attached hydrogens (primary N) is 2. The van der Waals surface area contributed by atoms with Crippen LogP contribution in [0.2, 0.25) is 0 Å². The monoisotopic (exact) mass is 294 g/mol. The van der Waals surface area contributed by atoms with Crippen LogP contribution in [0.15, 0.2) is 46.0 Å². The lowest BCUT2D eigenvalue weighted by molar-refractivity contribution is 0.0990. The van der Waals surface area contributed by atoms with Crippen molar-refractivity contribution in [2.75, 3.05) is 0 Å². The van der Waals surface area contributed by atoms with Gasteiger partial charge in [-0.2, -0.15) is 0 Å². The Hall–Kier alpha value is -3.28. The zero-order valence-electron chi connectivity index (χ0n) is 11.3. The number of rotatable bonds is 2. The van der Waals surface area contributed by atoms with Crippen molar-refractivity contribution >= 4 is 33.4 Å². The molecule has 0 heterocycles. The predicted molar refractivity (Wildman–Crippen MR) is 82.2 cm³/mol. The molecule has 0 aliphatic carbocycles. The SMILES string of the molecule is NC(=O)c1ccc(C(N)=O)c2c(=O)c3ccc(cc3)c(=O)c12. The minimum atomic E-state index is -0.858. The molecule has 4 N–H and O–H groups in total. The van der Waals surface area contributed by atoms with Gasteiger partial charge in [0.25, 0.3) is 0 Å². The quantitative estimate of drug-likeness (QED) is 0.708. The van der Waals surface area contributed by atoms with E-state index in [1.54, 1.807) is 0 Å². The van der Waals surface area contributed by atoms with Crippen LogP contribution < -0.4 is 22.3 Å². The smallest absolute Gasteiger partial charge is 0.249 e. The normalized spacial score (nSPS) is 10.9. The molecule has 0 aliphatic rings. The van der Waals surface area contributed by atoms with Gasteiger partial charge >= 0.3 is 0 Å². The summed E-state index contributed by atoms with van der Waals surface area (Å²) in [6.45, 7) is 0. The van der Waals surface area contributed by atoms with Crippen LogP contribution >= 0.6 is 0 Å². The zero-order valence-corrected chi connectivity index (χ0v) is 11.3. The highest BCUT2D eigenvalue weighted by molar-refractivity contribution is 6.14. The van der Waals surface area contributed by atoms with E-state index in [4.69, 9.17) is 11.5 Å². The van der Waals surface area contributed by atoms with Crippen molar-refractivity contribution in [2.24, 2.45) is 11.5 Å². The number of carbonyl (C=O) groups excluding carboxylic acids is 2. The first-order chi connectivity index (χ1) is 10.4. The summed E-state index contributed by atoms with van der Waals surface area (Å²) in [7, 11) is 0. The van der Waals surface area contributed by atoms with Gasteiger partial charge in [0.1, 0.15) is 0 Å². The summed E-state index contributed by atoms with van der Waals surface area (Å²) >= 11 is 0. The molecule has 2 bridgehead atoms. The zero-order chi connectivity index (χ0) is 16.0. The second kappa shape index (κ2) is 4.63. The lowest BCUT2D eigenvalue weighted by Gasteiger charge is -2.06. The van der Waals surface area contributed by atoms with E-state index in [9.17, 15) is 19.2 Å². The number of hydrogen-bond acceptors (Lipinski definition) is 4.